The lowest BCUT2D eigenvalue weighted by Crippen LogP contribution is -2.50. The molecule has 2 aliphatic rings. The average Bonchev–Trinajstić information content (AvgIpc) is 2.51. The molecule has 0 saturated carbocycles. The highest BCUT2D eigenvalue weighted by atomic mass is 79.9. The maximum atomic E-state index is 10.6. The number of carboxylic acid groups (broad SMARTS) is 1. The molecule has 0 aromatic heterocycles. The number of halogens is 1. The van der Waals surface area contributed by atoms with Crippen LogP contribution in [-0.2, 0) is 0 Å². The van der Waals surface area contributed by atoms with Crippen molar-refractivity contribution in [1.29, 1.82) is 0 Å². The number of amides is 1. The quantitative estimate of drug-likeness (QED) is 0.401. The fraction of sp³-hybridized carbons (Fsp3) is 0.222. The highest BCUT2D eigenvalue weighted by molar-refractivity contribution is 9.18. The number of nitrogens with zero attached hydrogens (tertiary/aromatic N) is 3. The Kier molecular flexibility index (Phi) is 2.86. The maximum Gasteiger partial charge on any atom is 0.405 e. The lowest BCUT2D eigenvalue weighted by Gasteiger charge is -2.23. The van der Waals surface area contributed by atoms with Crippen LogP contribution in [0, 0.1) is 0 Å². The molecule has 0 spiro atoms. The lowest BCUT2D eigenvalue weighted by molar-refractivity contribution is -0.746. The van der Waals surface area contributed by atoms with Crippen LogP contribution in [0.4, 0.5) is 4.79 Å². The Labute approximate surface area is 106 Å². The number of amidine groups is 1. The van der Waals surface area contributed by atoms with Crippen LogP contribution in [0.1, 0.15) is 6.92 Å². The number of nitrogens with one attached hydrogen (secondary N) is 1. The summed E-state index contributed by atoms with van der Waals surface area (Å²) < 4.78 is 0.369. The number of hydrogen-bond donors (Lipinski definition) is 3. The zero-order valence-electron chi connectivity index (χ0n) is 8.96. The van der Waals surface area contributed by atoms with E-state index in [0.29, 0.717) is 16.1 Å². The SMILES string of the molecule is CC(NC(=O)O)C1=C2C=NC=C[N+]2(N)C(Br)=N1. The Balaban J connectivity index is 2.40. The Morgan fingerprint density at radius 2 is 2.41 bits per heavy atom. The fourth-order valence-corrected chi connectivity index (χ4v) is 2.16. The number of fused-ring (bicyclic) bond motifs is 1. The minimum Gasteiger partial charge on any atom is -0.465 e. The second-order valence-electron chi connectivity index (χ2n) is 3.68. The summed E-state index contributed by atoms with van der Waals surface area (Å²) in [5.74, 6) is 6.12. The van der Waals surface area contributed by atoms with Gasteiger partial charge < -0.3 is 10.4 Å². The van der Waals surface area contributed by atoms with Gasteiger partial charge in [0.05, 0.1) is 18.5 Å². The minimum atomic E-state index is -1.11. The minimum absolute atomic E-state index is 0.121. The average molecular weight is 301 g/mol. The summed E-state index contributed by atoms with van der Waals surface area (Å²) in [6, 6.07) is -0.462. The van der Waals surface area contributed by atoms with Gasteiger partial charge in [-0.15, -0.1) is 4.59 Å². The monoisotopic (exact) mass is 300 g/mol. The molecule has 0 fully saturated rings. The standard InChI is InChI=1S/C9H10BrN5O2/c1-5(13-9(16)17)7-6-4-12-2-3-15(6,11)8(10)14-7/h2-5,13H,11H2,1H3/p+1. The summed E-state index contributed by atoms with van der Waals surface area (Å²) in [4.78, 5) is 18.8. The number of carbonyl (C=O) groups is 1. The van der Waals surface area contributed by atoms with E-state index in [2.05, 4.69) is 31.2 Å². The number of allylic oxidation sites excluding steroid dienone is 1. The predicted molar refractivity (Wildman–Crippen MR) is 66.1 cm³/mol. The third-order valence-electron chi connectivity index (χ3n) is 2.51. The van der Waals surface area contributed by atoms with Crippen LogP contribution in [0.2, 0.25) is 0 Å². The largest absolute Gasteiger partial charge is 0.465 e. The van der Waals surface area contributed by atoms with Gasteiger partial charge in [0, 0.05) is 15.9 Å². The van der Waals surface area contributed by atoms with Crippen molar-refractivity contribution in [3.63, 3.8) is 0 Å². The first kappa shape index (κ1) is 12.0. The first-order valence-corrected chi connectivity index (χ1v) is 5.61. The zero-order valence-corrected chi connectivity index (χ0v) is 10.5. The zero-order chi connectivity index (χ0) is 12.6. The van der Waals surface area contributed by atoms with Crippen molar-refractivity contribution in [1.82, 2.24) is 5.32 Å². The molecule has 17 heavy (non-hydrogen) atoms. The van der Waals surface area contributed by atoms with Crippen LogP contribution in [0.15, 0.2) is 33.8 Å². The molecule has 2 atom stereocenters. The van der Waals surface area contributed by atoms with Crippen LogP contribution >= 0.6 is 15.9 Å². The van der Waals surface area contributed by atoms with E-state index in [1.54, 1.807) is 25.5 Å². The molecule has 0 radical (unpaired) electrons. The van der Waals surface area contributed by atoms with Crippen molar-refractivity contribution in [2.45, 2.75) is 13.0 Å². The van der Waals surface area contributed by atoms with Crippen molar-refractivity contribution in [3.8, 4) is 0 Å². The van der Waals surface area contributed by atoms with E-state index < -0.39 is 12.1 Å². The van der Waals surface area contributed by atoms with Crippen molar-refractivity contribution >= 4 is 33.0 Å². The Bertz CT molecular complexity index is 496. The fourth-order valence-electron chi connectivity index (χ4n) is 1.66. The van der Waals surface area contributed by atoms with E-state index in [1.807, 2.05) is 0 Å². The van der Waals surface area contributed by atoms with E-state index >= 15 is 0 Å². The highest BCUT2D eigenvalue weighted by Crippen LogP contribution is 2.31. The van der Waals surface area contributed by atoms with Crippen molar-refractivity contribution in [3.05, 3.63) is 23.8 Å². The van der Waals surface area contributed by atoms with Gasteiger partial charge >= 0.3 is 10.8 Å². The molecule has 1 amide bonds. The van der Waals surface area contributed by atoms with Crippen molar-refractivity contribution < 1.29 is 14.5 Å². The lowest BCUT2D eigenvalue weighted by atomic mass is 10.2. The molecule has 8 heteroatoms. The molecule has 4 N–H and O–H groups in total. The van der Waals surface area contributed by atoms with Gasteiger partial charge in [0.25, 0.3) is 0 Å². The molecule has 2 rings (SSSR count). The maximum absolute atomic E-state index is 10.6. The smallest absolute Gasteiger partial charge is 0.405 e. The van der Waals surface area contributed by atoms with Gasteiger partial charge in [0.15, 0.2) is 0 Å². The van der Waals surface area contributed by atoms with E-state index in [9.17, 15) is 4.79 Å². The summed E-state index contributed by atoms with van der Waals surface area (Å²) in [5, 5.41) is 11.0. The van der Waals surface area contributed by atoms with E-state index in [4.69, 9.17) is 10.9 Å². The van der Waals surface area contributed by atoms with Crippen LogP contribution in [0.5, 0.6) is 0 Å². The third-order valence-corrected chi connectivity index (χ3v) is 3.28. The second kappa shape index (κ2) is 4.06. The number of hydrogen-bond acceptors (Lipinski definition) is 4. The normalized spacial score (nSPS) is 27.8. The highest BCUT2D eigenvalue weighted by Gasteiger charge is 2.43. The van der Waals surface area contributed by atoms with Gasteiger partial charge in [0.1, 0.15) is 11.9 Å². The Morgan fingerprint density at radius 3 is 3.06 bits per heavy atom. The molecule has 90 valence electrons. The molecule has 7 nitrogen and oxygen atoms in total. The summed E-state index contributed by atoms with van der Waals surface area (Å²) in [7, 11) is 0. The van der Waals surface area contributed by atoms with Gasteiger partial charge in [0.2, 0.25) is 5.70 Å². The van der Waals surface area contributed by atoms with Crippen LogP contribution in [0.25, 0.3) is 0 Å². The first-order valence-electron chi connectivity index (χ1n) is 4.82. The second-order valence-corrected chi connectivity index (χ2v) is 4.39. The molecule has 0 aliphatic carbocycles. The van der Waals surface area contributed by atoms with E-state index in [1.165, 1.54) is 0 Å². The summed E-state index contributed by atoms with van der Waals surface area (Å²) in [6.45, 7) is 1.70. The van der Waals surface area contributed by atoms with Gasteiger partial charge in [-0.05, 0) is 6.92 Å². The summed E-state index contributed by atoms with van der Waals surface area (Å²) >= 11 is 3.28. The molecule has 2 heterocycles. The predicted octanol–water partition coefficient (Wildman–Crippen LogP) is 0.865. The number of rotatable bonds is 2. The van der Waals surface area contributed by atoms with Gasteiger partial charge in [-0.1, -0.05) is 0 Å². The van der Waals surface area contributed by atoms with Crippen molar-refractivity contribution in [2.24, 2.45) is 15.8 Å². The number of nitrogens with two attached hydrogens (primary N) is 1. The van der Waals surface area contributed by atoms with Gasteiger partial charge in [-0.2, -0.15) is 10.8 Å². The molecule has 2 unspecified atom stereocenters. The molecule has 2 aliphatic heterocycles. The third kappa shape index (κ3) is 1.90. The Morgan fingerprint density at radius 1 is 1.71 bits per heavy atom. The van der Waals surface area contributed by atoms with Crippen LogP contribution < -0.4 is 11.2 Å². The van der Waals surface area contributed by atoms with Crippen LogP contribution in [0.3, 0.4) is 0 Å². The number of quaternary nitrogens is 1. The molecule has 0 saturated heterocycles. The van der Waals surface area contributed by atoms with Crippen LogP contribution in [-0.4, -0.2) is 32.8 Å². The molecular formula is C9H11BrN5O2+. The molecule has 0 aromatic carbocycles. The van der Waals surface area contributed by atoms with Gasteiger partial charge in [-0.3, -0.25) is 4.99 Å². The van der Waals surface area contributed by atoms with Crippen molar-refractivity contribution in [2.75, 3.05) is 0 Å². The first-order chi connectivity index (χ1) is 7.95. The van der Waals surface area contributed by atoms with E-state index in [-0.39, 0.29) is 4.59 Å². The summed E-state index contributed by atoms with van der Waals surface area (Å²) in [6.07, 6.45) is 3.69. The van der Waals surface area contributed by atoms with Gasteiger partial charge in [-0.25, -0.2) is 4.79 Å². The topological polar surface area (TPSA) is 100 Å². The molecule has 0 bridgehead atoms. The Hall–Kier alpha value is -1.51. The summed E-state index contributed by atoms with van der Waals surface area (Å²) in [5.41, 5.74) is 1.19. The van der Waals surface area contributed by atoms with E-state index in [0.717, 1.165) is 0 Å². The molecular weight excluding hydrogens is 290 g/mol. The molecule has 0 aromatic rings. The number of aliphatic imine (C=N–C) groups is 2.